The summed E-state index contributed by atoms with van der Waals surface area (Å²) in [7, 11) is 1.72. The third kappa shape index (κ3) is 4.47. The standard InChI is InChI=1S/C19H25F2N5/c1-25(23)11-17(22)14-2-3-15-10-24-18(9-16(15)8-14)13-4-6-26(7-5-13)12-19(20)21/h2-3,8-11,13,19H,4-7,12,22-23H2,1H3/b17-11-. The number of pyridine rings is 1. The molecule has 1 aromatic heterocycles. The second-order valence-corrected chi connectivity index (χ2v) is 6.89. The summed E-state index contributed by atoms with van der Waals surface area (Å²) in [4.78, 5) is 6.43. The summed E-state index contributed by atoms with van der Waals surface area (Å²) < 4.78 is 25.0. The Morgan fingerprint density at radius 1 is 1.31 bits per heavy atom. The van der Waals surface area contributed by atoms with Crippen LogP contribution in [0.15, 0.2) is 36.7 Å². The maximum Gasteiger partial charge on any atom is 0.251 e. The Morgan fingerprint density at radius 3 is 2.69 bits per heavy atom. The van der Waals surface area contributed by atoms with Crippen molar-refractivity contribution in [2.24, 2.45) is 11.6 Å². The van der Waals surface area contributed by atoms with Gasteiger partial charge in [0.2, 0.25) is 0 Å². The summed E-state index contributed by atoms with van der Waals surface area (Å²) >= 11 is 0. The van der Waals surface area contributed by atoms with E-state index in [-0.39, 0.29) is 6.54 Å². The molecular formula is C19H25F2N5. The van der Waals surface area contributed by atoms with Gasteiger partial charge < -0.3 is 10.7 Å². The van der Waals surface area contributed by atoms with E-state index >= 15 is 0 Å². The van der Waals surface area contributed by atoms with E-state index in [2.05, 4.69) is 11.1 Å². The van der Waals surface area contributed by atoms with Gasteiger partial charge in [-0.25, -0.2) is 14.6 Å². The van der Waals surface area contributed by atoms with Crippen molar-refractivity contribution in [3.8, 4) is 0 Å². The molecule has 140 valence electrons. The van der Waals surface area contributed by atoms with Crippen LogP contribution >= 0.6 is 0 Å². The molecule has 26 heavy (non-hydrogen) atoms. The molecule has 0 saturated carbocycles. The van der Waals surface area contributed by atoms with Crippen LogP contribution in [0.4, 0.5) is 8.78 Å². The van der Waals surface area contributed by atoms with Crippen molar-refractivity contribution >= 4 is 16.5 Å². The summed E-state index contributed by atoms with van der Waals surface area (Å²) in [6, 6.07) is 8.05. The molecular weight excluding hydrogens is 336 g/mol. The molecule has 2 aromatic rings. The number of alkyl halides is 2. The number of nitrogens with zero attached hydrogens (tertiary/aromatic N) is 3. The molecule has 0 radical (unpaired) electrons. The molecule has 7 heteroatoms. The first-order valence-electron chi connectivity index (χ1n) is 8.78. The predicted molar refractivity (Wildman–Crippen MR) is 100 cm³/mol. The Hall–Kier alpha value is -2.25. The molecule has 3 rings (SSSR count). The zero-order valence-corrected chi connectivity index (χ0v) is 14.9. The smallest absolute Gasteiger partial charge is 0.251 e. The lowest BCUT2D eigenvalue weighted by molar-refractivity contribution is 0.0752. The lowest BCUT2D eigenvalue weighted by Gasteiger charge is -2.31. The molecule has 0 atom stereocenters. The molecule has 4 N–H and O–H groups in total. The van der Waals surface area contributed by atoms with Crippen molar-refractivity contribution in [1.29, 1.82) is 0 Å². The Kier molecular flexibility index (Phi) is 5.68. The molecule has 0 aliphatic carbocycles. The van der Waals surface area contributed by atoms with Crippen LogP contribution in [-0.2, 0) is 0 Å². The highest BCUT2D eigenvalue weighted by atomic mass is 19.3. The first-order chi connectivity index (χ1) is 12.4. The molecule has 2 heterocycles. The summed E-state index contributed by atoms with van der Waals surface area (Å²) in [6.07, 6.45) is 2.97. The van der Waals surface area contributed by atoms with Gasteiger partial charge in [0.15, 0.2) is 0 Å². The maximum absolute atomic E-state index is 12.5. The first-order valence-corrected chi connectivity index (χ1v) is 8.78. The Bertz CT molecular complexity index is 783. The van der Waals surface area contributed by atoms with Gasteiger partial charge >= 0.3 is 0 Å². The number of likely N-dealkylation sites (tertiary alicyclic amines) is 1. The normalized spacial score (nSPS) is 17.2. The largest absolute Gasteiger partial charge is 0.397 e. The van der Waals surface area contributed by atoms with Crippen LogP contribution in [0.2, 0.25) is 0 Å². The Balaban J connectivity index is 1.78. The summed E-state index contributed by atoms with van der Waals surface area (Å²) in [5.74, 6) is 5.93. The first kappa shape index (κ1) is 18.5. The molecule has 0 spiro atoms. The zero-order chi connectivity index (χ0) is 18.7. The summed E-state index contributed by atoms with van der Waals surface area (Å²) in [5, 5.41) is 3.53. The monoisotopic (exact) mass is 361 g/mol. The quantitative estimate of drug-likeness (QED) is 0.633. The van der Waals surface area contributed by atoms with E-state index in [1.807, 2.05) is 29.3 Å². The molecule has 5 nitrogen and oxygen atoms in total. The fourth-order valence-electron chi connectivity index (χ4n) is 3.46. The van der Waals surface area contributed by atoms with E-state index < -0.39 is 6.43 Å². The van der Waals surface area contributed by atoms with Gasteiger partial charge in [0, 0.05) is 36.4 Å². The lowest BCUT2D eigenvalue weighted by atomic mass is 9.92. The van der Waals surface area contributed by atoms with E-state index in [4.69, 9.17) is 11.6 Å². The minimum Gasteiger partial charge on any atom is -0.397 e. The van der Waals surface area contributed by atoms with Crippen molar-refractivity contribution in [1.82, 2.24) is 14.9 Å². The molecule has 1 aromatic carbocycles. The van der Waals surface area contributed by atoms with Crippen LogP contribution in [-0.4, -0.2) is 48.0 Å². The average Bonchev–Trinajstić information content (AvgIpc) is 2.60. The van der Waals surface area contributed by atoms with Crippen LogP contribution in [0.1, 0.15) is 30.0 Å². The van der Waals surface area contributed by atoms with Crippen LogP contribution in [0.5, 0.6) is 0 Å². The number of aromatic nitrogens is 1. The van der Waals surface area contributed by atoms with Crippen LogP contribution in [0.25, 0.3) is 16.5 Å². The number of piperidine rings is 1. The van der Waals surface area contributed by atoms with Crippen molar-refractivity contribution in [2.45, 2.75) is 25.2 Å². The SMILES string of the molecule is CN(N)/C=C(\N)c1ccc2cnc(C3CCN(CC(F)F)CC3)cc2c1. The van der Waals surface area contributed by atoms with Crippen LogP contribution in [0.3, 0.4) is 0 Å². The number of halogens is 2. The highest BCUT2D eigenvalue weighted by molar-refractivity contribution is 5.85. The fraction of sp³-hybridized carbons (Fsp3) is 0.421. The highest BCUT2D eigenvalue weighted by Crippen LogP contribution is 2.29. The molecule has 1 aliphatic rings. The maximum atomic E-state index is 12.5. The van der Waals surface area contributed by atoms with E-state index in [1.54, 1.807) is 13.2 Å². The van der Waals surface area contributed by atoms with Gasteiger partial charge in [0.25, 0.3) is 6.43 Å². The van der Waals surface area contributed by atoms with Crippen molar-refractivity contribution < 1.29 is 8.78 Å². The van der Waals surface area contributed by atoms with Crippen LogP contribution < -0.4 is 11.6 Å². The Labute approximate surface area is 152 Å². The summed E-state index contributed by atoms with van der Waals surface area (Å²) in [5.41, 5.74) is 8.59. The van der Waals surface area contributed by atoms with E-state index in [0.717, 1.165) is 34.9 Å². The molecule has 1 saturated heterocycles. The van der Waals surface area contributed by atoms with E-state index in [1.165, 1.54) is 5.01 Å². The number of hydrogen-bond donors (Lipinski definition) is 2. The van der Waals surface area contributed by atoms with Crippen molar-refractivity contribution in [3.05, 3.63) is 47.9 Å². The van der Waals surface area contributed by atoms with Crippen LogP contribution in [0, 0.1) is 0 Å². The van der Waals surface area contributed by atoms with E-state index in [9.17, 15) is 8.78 Å². The zero-order valence-electron chi connectivity index (χ0n) is 14.9. The number of nitrogens with two attached hydrogens (primary N) is 2. The minimum absolute atomic E-state index is 0.136. The Morgan fingerprint density at radius 2 is 2.04 bits per heavy atom. The number of hydrazine groups is 1. The fourth-order valence-corrected chi connectivity index (χ4v) is 3.46. The molecule has 0 unspecified atom stereocenters. The number of hydrogen-bond acceptors (Lipinski definition) is 5. The van der Waals surface area contributed by atoms with Gasteiger partial charge in [-0.15, -0.1) is 0 Å². The molecule has 0 bridgehead atoms. The third-order valence-electron chi connectivity index (χ3n) is 4.82. The van der Waals surface area contributed by atoms with E-state index in [0.29, 0.717) is 24.7 Å². The topological polar surface area (TPSA) is 71.4 Å². The van der Waals surface area contributed by atoms with Gasteiger partial charge in [0.1, 0.15) is 0 Å². The van der Waals surface area contributed by atoms with Crippen molar-refractivity contribution in [3.63, 3.8) is 0 Å². The molecule has 1 aliphatic heterocycles. The number of rotatable bonds is 5. The molecule has 1 fully saturated rings. The average molecular weight is 361 g/mol. The third-order valence-corrected chi connectivity index (χ3v) is 4.82. The van der Waals surface area contributed by atoms with Gasteiger partial charge in [-0.3, -0.25) is 9.88 Å². The van der Waals surface area contributed by atoms with Gasteiger partial charge in [-0.2, -0.15) is 0 Å². The summed E-state index contributed by atoms with van der Waals surface area (Å²) in [6.45, 7) is 1.24. The second-order valence-electron chi connectivity index (χ2n) is 6.89. The second kappa shape index (κ2) is 7.97. The molecule has 0 amide bonds. The highest BCUT2D eigenvalue weighted by Gasteiger charge is 2.23. The van der Waals surface area contributed by atoms with Gasteiger partial charge in [-0.05, 0) is 49.0 Å². The lowest BCUT2D eigenvalue weighted by Crippen LogP contribution is -2.36. The van der Waals surface area contributed by atoms with Gasteiger partial charge in [-0.1, -0.05) is 12.1 Å². The van der Waals surface area contributed by atoms with Crippen molar-refractivity contribution in [2.75, 3.05) is 26.7 Å². The number of benzene rings is 1. The van der Waals surface area contributed by atoms with Gasteiger partial charge in [0.05, 0.1) is 12.2 Å². The minimum atomic E-state index is -2.27. The number of fused-ring (bicyclic) bond motifs is 1. The predicted octanol–water partition coefficient (Wildman–Crippen LogP) is 2.74.